The minimum absolute atomic E-state index is 0.109. The van der Waals surface area contributed by atoms with Crippen molar-refractivity contribution >= 4 is 10.0 Å². The highest BCUT2D eigenvalue weighted by Crippen LogP contribution is 2.30. The van der Waals surface area contributed by atoms with Crippen LogP contribution in [0.5, 0.6) is 11.5 Å². The van der Waals surface area contributed by atoms with Crippen LogP contribution in [0, 0.1) is 0 Å². The van der Waals surface area contributed by atoms with Crippen LogP contribution in [0.15, 0.2) is 23.1 Å². The molecule has 0 spiro atoms. The molecular formula is C16H24N2O5S. The number of hydrogen-bond acceptors (Lipinski definition) is 6. The van der Waals surface area contributed by atoms with Gasteiger partial charge in [0.2, 0.25) is 10.0 Å². The van der Waals surface area contributed by atoms with E-state index in [9.17, 15) is 8.42 Å². The lowest BCUT2D eigenvalue weighted by Crippen LogP contribution is -2.45. The van der Waals surface area contributed by atoms with Gasteiger partial charge in [0.1, 0.15) is 0 Å². The summed E-state index contributed by atoms with van der Waals surface area (Å²) in [7, 11) is -0.611. The second-order valence-electron chi connectivity index (χ2n) is 6.32. The number of sulfonamides is 1. The summed E-state index contributed by atoms with van der Waals surface area (Å²) in [4.78, 5) is 2.48. The Morgan fingerprint density at radius 3 is 2.67 bits per heavy atom. The van der Waals surface area contributed by atoms with Gasteiger partial charge in [0.25, 0.3) is 0 Å². The number of nitrogens with zero attached hydrogens (tertiary/aromatic N) is 1. The highest BCUT2D eigenvalue weighted by Gasteiger charge is 2.38. The molecule has 134 valence electrons. The van der Waals surface area contributed by atoms with Crippen molar-refractivity contribution in [3.8, 4) is 11.5 Å². The molecule has 0 amide bonds. The zero-order chi connectivity index (χ0) is 17.3. The molecule has 0 unspecified atom stereocenters. The largest absolute Gasteiger partial charge is 0.493 e. The predicted molar refractivity (Wildman–Crippen MR) is 89.0 cm³/mol. The van der Waals surface area contributed by atoms with E-state index < -0.39 is 10.0 Å². The van der Waals surface area contributed by atoms with Gasteiger partial charge in [-0.15, -0.1) is 0 Å². The Hall–Kier alpha value is -1.35. The number of benzene rings is 1. The Labute approximate surface area is 142 Å². The first-order chi connectivity index (χ1) is 11.4. The van der Waals surface area contributed by atoms with Crippen LogP contribution in [0.2, 0.25) is 0 Å². The zero-order valence-corrected chi connectivity index (χ0v) is 15.0. The van der Waals surface area contributed by atoms with Crippen LogP contribution in [0.1, 0.15) is 13.3 Å². The summed E-state index contributed by atoms with van der Waals surface area (Å²) in [5.41, 5.74) is 0. The average molecular weight is 356 g/mol. The van der Waals surface area contributed by atoms with Gasteiger partial charge in [-0.3, -0.25) is 4.90 Å². The SMILES string of the molecule is COc1ccc(S(=O)(=O)N[C@H]2C[C@H]3CO[C@H](C)CN3C2)cc1OC. The van der Waals surface area contributed by atoms with Crippen LogP contribution in [0.25, 0.3) is 0 Å². The van der Waals surface area contributed by atoms with E-state index in [0.717, 1.165) is 13.0 Å². The van der Waals surface area contributed by atoms with E-state index in [0.29, 0.717) is 30.7 Å². The molecular weight excluding hydrogens is 332 g/mol. The zero-order valence-electron chi connectivity index (χ0n) is 14.2. The lowest BCUT2D eigenvalue weighted by atomic mass is 10.2. The van der Waals surface area contributed by atoms with Crippen LogP contribution < -0.4 is 14.2 Å². The minimum atomic E-state index is -3.61. The summed E-state index contributed by atoms with van der Waals surface area (Å²) in [6, 6.07) is 4.79. The van der Waals surface area contributed by atoms with Gasteiger partial charge in [-0.05, 0) is 25.5 Å². The molecule has 2 saturated heterocycles. The normalized spacial score (nSPS) is 27.7. The molecule has 0 aromatic heterocycles. The van der Waals surface area contributed by atoms with Crippen molar-refractivity contribution in [1.29, 1.82) is 0 Å². The number of methoxy groups -OCH3 is 2. The lowest BCUT2D eigenvalue weighted by Gasteiger charge is -2.33. The number of rotatable bonds is 5. The fraction of sp³-hybridized carbons (Fsp3) is 0.625. The van der Waals surface area contributed by atoms with Crippen molar-refractivity contribution in [2.24, 2.45) is 0 Å². The van der Waals surface area contributed by atoms with Crippen molar-refractivity contribution in [3.05, 3.63) is 18.2 Å². The Bertz CT molecular complexity index is 694. The van der Waals surface area contributed by atoms with Crippen molar-refractivity contribution in [3.63, 3.8) is 0 Å². The van der Waals surface area contributed by atoms with Crippen molar-refractivity contribution < 1.29 is 22.6 Å². The maximum absolute atomic E-state index is 12.7. The summed E-state index contributed by atoms with van der Waals surface area (Å²) in [6.45, 7) is 4.26. The van der Waals surface area contributed by atoms with Gasteiger partial charge >= 0.3 is 0 Å². The first-order valence-electron chi connectivity index (χ1n) is 8.03. The van der Waals surface area contributed by atoms with Crippen LogP contribution in [-0.2, 0) is 14.8 Å². The molecule has 0 radical (unpaired) electrons. The Morgan fingerprint density at radius 1 is 1.21 bits per heavy atom. The van der Waals surface area contributed by atoms with Gasteiger partial charge in [0.05, 0.1) is 31.8 Å². The molecule has 0 saturated carbocycles. The molecule has 7 nitrogen and oxygen atoms in total. The van der Waals surface area contributed by atoms with Gasteiger partial charge in [0.15, 0.2) is 11.5 Å². The molecule has 8 heteroatoms. The quantitative estimate of drug-likeness (QED) is 0.843. The van der Waals surface area contributed by atoms with Crippen LogP contribution in [-0.4, -0.2) is 65.4 Å². The minimum Gasteiger partial charge on any atom is -0.493 e. The molecule has 0 bridgehead atoms. The van der Waals surface area contributed by atoms with Crippen LogP contribution >= 0.6 is 0 Å². The van der Waals surface area contributed by atoms with E-state index >= 15 is 0 Å². The van der Waals surface area contributed by atoms with Crippen LogP contribution in [0.3, 0.4) is 0 Å². The van der Waals surface area contributed by atoms with E-state index in [2.05, 4.69) is 9.62 Å². The average Bonchev–Trinajstić information content (AvgIpc) is 2.94. The van der Waals surface area contributed by atoms with E-state index in [1.165, 1.54) is 26.4 Å². The maximum Gasteiger partial charge on any atom is 0.241 e. The molecule has 1 N–H and O–H groups in total. The molecule has 0 aliphatic carbocycles. The van der Waals surface area contributed by atoms with E-state index in [1.807, 2.05) is 6.92 Å². The highest BCUT2D eigenvalue weighted by molar-refractivity contribution is 7.89. The number of fused-ring (bicyclic) bond motifs is 1. The van der Waals surface area contributed by atoms with Crippen molar-refractivity contribution in [1.82, 2.24) is 9.62 Å². The molecule has 1 aromatic rings. The number of morpholine rings is 1. The first kappa shape index (κ1) is 17.5. The standard InChI is InChI=1S/C16H24N2O5S/c1-11-8-18-9-12(6-13(18)10-23-11)17-24(19,20)14-4-5-15(21-2)16(7-14)22-3/h4-5,7,11-13,17H,6,8-10H2,1-3H3/t11-,12+,13+/m1/s1. The summed E-state index contributed by atoms with van der Waals surface area (Å²) in [5, 5.41) is 0. The summed E-state index contributed by atoms with van der Waals surface area (Å²) in [5.74, 6) is 0.895. The monoisotopic (exact) mass is 356 g/mol. The predicted octanol–water partition coefficient (Wildman–Crippen LogP) is 0.844. The molecule has 3 rings (SSSR count). The molecule has 1 aromatic carbocycles. The van der Waals surface area contributed by atoms with E-state index in [1.54, 1.807) is 6.07 Å². The molecule has 3 atom stereocenters. The smallest absolute Gasteiger partial charge is 0.241 e. The lowest BCUT2D eigenvalue weighted by molar-refractivity contribution is -0.0390. The van der Waals surface area contributed by atoms with E-state index in [4.69, 9.17) is 14.2 Å². The van der Waals surface area contributed by atoms with Gasteiger partial charge in [-0.2, -0.15) is 0 Å². The second kappa shape index (κ2) is 6.87. The van der Waals surface area contributed by atoms with Crippen LogP contribution in [0.4, 0.5) is 0 Å². The molecule has 2 fully saturated rings. The van der Waals surface area contributed by atoms with Gasteiger partial charge in [-0.25, -0.2) is 13.1 Å². The maximum atomic E-state index is 12.7. The third-order valence-corrected chi connectivity index (χ3v) is 6.10. The second-order valence-corrected chi connectivity index (χ2v) is 8.04. The van der Waals surface area contributed by atoms with Gasteiger partial charge in [-0.1, -0.05) is 0 Å². The molecule has 2 heterocycles. The molecule has 2 aliphatic heterocycles. The third-order valence-electron chi connectivity index (χ3n) is 4.58. The van der Waals surface area contributed by atoms with Gasteiger partial charge < -0.3 is 14.2 Å². The molecule has 2 aliphatic rings. The molecule has 24 heavy (non-hydrogen) atoms. The highest BCUT2D eigenvalue weighted by atomic mass is 32.2. The van der Waals surface area contributed by atoms with Crippen molar-refractivity contribution in [2.45, 2.75) is 36.4 Å². The number of nitrogens with one attached hydrogen (secondary N) is 1. The summed E-state index contributed by atoms with van der Waals surface area (Å²) in [6.07, 6.45) is 0.960. The summed E-state index contributed by atoms with van der Waals surface area (Å²) < 4.78 is 44.1. The van der Waals surface area contributed by atoms with Crippen molar-refractivity contribution in [2.75, 3.05) is 33.9 Å². The number of hydrogen-bond donors (Lipinski definition) is 1. The Morgan fingerprint density at radius 2 is 1.96 bits per heavy atom. The summed E-state index contributed by atoms with van der Waals surface area (Å²) >= 11 is 0. The Kier molecular flexibility index (Phi) is 5.00. The Balaban J connectivity index is 1.73. The third kappa shape index (κ3) is 3.51. The fourth-order valence-electron chi connectivity index (χ4n) is 3.40. The van der Waals surface area contributed by atoms with Gasteiger partial charge in [0, 0.05) is 31.2 Å². The first-order valence-corrected chi connectivity index (χ1v) is 9.51. The fourth-order valence-corrected chi connectivity index (χ4v) is 4.65. The number of ether oxygens (including phenoxy) is 3. The topological polar surface area (TPSA) is 77.1 Å². The van der Waals surface area contributed by atoms with E-state index in [-0.39, 0.29) is 17.0 Å².